The summed E-state index contributed by atoms with van der Waals surface area (Å²) in [7, 11) is -4.42. The summed E-state index contributed by atoms with van der Waals surface area (Å²) < 4.78 is 32.6. The van der Waals surface area contributed by atoms with E-state index in [0.717, 1.165) is 44.9 Å². The van der Waals surface area contributed by atoms with Gasteiger partial charge in [-0.1, -0.05) is 125 Å². The molecule has 0 saturated carbocycles. The Labute approximate surface area is 326 Å². The number of hydrogen-bond donors (Lipinski definition) is 3. The maximum Gasteiger partial charge on any atom is 0.472 e. The number of phosphoric acid groups is 1. The third kappa shape index (κ3) is 37.5. The van der Waals surface area contributed by atoms with E-state index in [0.29, 0.717) is 25.7 Å². The first-order valence-electron chi connectivity index (χ1n) is 20.2. The van der Waals surface area contributed by atoms with Crippen LogP contribution in [0.25, 0.3) is 0 Å². The quantitative estimate of drug-likeness (QED) is 0.0184. The number of rotatable bonds is 36. The molecule has 1 unspecified atom stereocenters. The lowest BCUT2D eigenvalue weighted by atomic mass is 10.1. The monoisotopic (exact) mass is 777 g/mol. The Morgan fingerprint density at radius 2 is 1.19 bits per heavy atom. The molecule has 0 radical (unpaired) electrons. The minimum absolute atomic E-state index is 0.0263. The van der Waals surface area contributed by atoms with E-state index >= 15 is 0 Å². The van der Waals surface area contributed by atoms with Gasteiger partial charge in [-0.2, -0.15) is 0 Å². The van der Waals surface area contributed by atoms with Gasteiger partial charge in [0, 0.05) is 19.4 Å². The smallest absolute Gasteiger partial charge is 0.462 e. The Morgan fingerprint density at radius 1 is 0.648 bits per heavy atom. The standard InChI is InChI=1S/C43H72NO9P/c1-3-5-7-9-11-12-13-14-15-16-17-18-23-27-31-35-43(47)53-41(39-52-54(48,49)51-37-36-44)38-50-42(46)34-30-26-22-20-19-21-25-29-33-40(45)32-28-24-10-8-6-4-2/h11-12,14-15,17-18,20-22,24-25,28-29,33,40-41,45H,3-10,13,16,19,23,26-27,30-32,34-39,44H2,1-2H3,(H,48,49)/b12-11-,15-14-,18-17-,22-20-,25-21-,28-24-,33-29+/t40-,41-/m1/s1. The van der Waals surface area contributed by atoms with Crippen molar-refractivity contribution in [2.45, 2.75) is 148 Å². The van der Waals surface area contributed by atoms with Crippen LogP contribution in [0.3, 0.4) is 0 Å². The molecule has 0 bridgehead atoms. The highest BCUT2D eigenvalue weighted by Gasteiger charge is 2.25. The minimum Gasteiger partial charge on any atom is -0.462 e. The van der Waals surface area contributed by atoms with Crippen LogP contribution < -0.4 is 5.73 Å². The van der Waals surface area contributed by atoms with Crippen LogP contribution in [-0.4, -0.2) is 60.5 Å². The number of hydrogen-bond acceptors (Lipinski definition) is 9. The van der Waals surface area contributed by atoms with Gasteiger partial charge >= 0.3 is 19.8 Å². The van der Waals surface area contributed by atoms with E-state index in [1.165, 1.54) is 38.5 Å². The average Bonchev–Trinajstić information content (AvgIpc) is 3.15. The third-order valence-corrected chi connectivity index (χ3v) is 8.82. The number of carbonyl (C=O) groups excluding carboxylic acids is 2. The highest BCUT2D eigenvalue weighted by Crippen LogP contribution is 2.43. The van der Waals surface area contributed by atoms with E-state index in [-0.39, 0.29) is 32.6 Å². The van der Waals surface area contributed by atoms with E-state index in [1.807, 2.05) is 36.5 Å². The molecule has 54 heavy (non-hydrogen) atoms. The summed E-state index contributed by atoms with van der Waals surface area (Å²) in [6, 6.07) is 0. The van der Waals surface area contributed by atoms with Crippen molar-refractivity contribution in [2.75, 3.05) is 26.4 Å². The first-order valence-corrected chi connectivity index (χ1v) is 21.7. The second-order valence-electron chi connectivity index (χ2n) is 13.0. The van der Waals surface area contributed by atoms with Crippen molar-refractivity contribution in [2.24, 2.45) is 5.73 Å². The second-order valence-corrected chi connectivity index (χ2v) is 14.4. The molecule has 4 N–H and O–H groups in total. The Bertz CT molecular complexity index is 1180. The zero-order chi connectivity index (χ0) is 39.8. The van der Waals surface area contributed by atoms with Crippen LogP contribution in [0, 0.1) is 0 Å². The van der Waals surface area contributed by atoms with Crippen molar-refractivity contribution >= 4 is 19.8 Å². The van der Waals surface area contributed by atoms with Crippen LogP contribution >= 0.6 is 7.82 Å². The fraction of sp³-hybridized carbons (Fsp3) is 0.628. The van der Waals surface area contributed by atoms with E-state index in [1.54, 1.807) is 6.08 Å². The van der Waals surface area contributed by atoms with Gasteiger partial charge in [-0.3, -0.25) is 18.6 Å². The van der Waals surface area contributed by atoms with Crippen molar-refractivity contribution in [1.29, 1.82) is 0 Å². The summed E-state index contributed by atoms with van der Waals surface area (Å²) in [5.74, 6) is -0.989. The summed E-state index contributed by atoms with van der Waals surface area (Å²) in [6.07, 6.45) is 43.6. The minimum atomic E-state index is -4.42. The van der Waals surface area contributed by atoms with Gasteiger partial charge in [0.05, 0.1) is 19.3 Å². The maximum atomic E-state index is 12.5. The molecule has 0 aliphatic carbocycles. The van der Waals surface area contributed by atoms with Gasteiger partial charge in [-0.25, -0.2) is 4.57 Å². The Balaban J connectivity index is 4.45. The molecule has 10 nitrogen and oxygen atoms in total. The van der Waals surface area contributed by atoms with Crippen molar-refractivity contribution in [3.63, 3.8) is 0 Å². The van der Waals surface area contributed by atoms with Crippen molar-refractivity contribution in [3.8, 4) is 0 Å². The predicted octanol–water partition coefficient (Wildman–Crippen LogP) is 10.2. The largest absolute Gasteiger partial charge is 0.472 e. The van der Waals surface area contributed by atoms with Crippen LogP contribution in [0.1, 0.15) is 136 Å². The maximum absolute atomic E-state index is 12.5. The zero-order valence-electron chi connectivity index (χ0n) is 33.3. The number of ether oxygens (including phenoxy) is 2. The molecular weight excluding hydrogens is 705 g/mol. The van der Waals surface area contributed by atoms with Gasteiger partial charge in [-0.15, -0.1) is 0 Å². The molecular formula is C43H72NO9P. The van der Waals surface area contributed by atoms with Gasteiger partial charge in [0.25, 0.3) is 0 Å². The molecule has 0 fully saturated rings. The van der Waals surface area contributed by atoms with E-state index in [4.69, 9.17) is 24.3 Å². The van der Waals surface area contributed by atoms with Gasteiger partial charge in [0.15, 0.2) is 6.10 Å². The fourth-order valence-electron chi connectivity index (χ4n) is 4.77. The summed E-state index contributed by atoms with van der Waals surface area (Å²) in [5, 5.41) is 10.0. The third-order valence-electron chi connectivity index (χ3n) is 7.83. The molecule has 0 heterocycles. The van der Waals surface area contributed by atoms with Crippen molar-refractivity contribution < 1.29 is 42.7 Å². The molecule has 3 atom stereocenters. The molecule has 0 saturated heterocycles. The number of esters is 2. The van der Waals surface area contributed by atoms with Crippen LogP contribution in [0.15, 0.2) is 85.1 Å². The molecule has 0 spiro atoms. The van der Waals surface area contributed by atoms with Crippen LogP contribution in [-0.2, 0) is 32.7 Å². The lowest BCUT2D eigenvalue weighted by molar-refractivity contribution is -0.161. The zero-order valence-corrected chi connectivity index (χ0v) is 34.2. The lowest BCUT2D eigenvalue weighted by Gasteiger charge is -2.19. The molecule has 308 valence electrons. The van der Waals surface area contributed by atoms with Gasteiger partial charge in [0.2, 0.25) is 0 Å². The van der Waals surface area contributed by atoms with E-state index < -0.39 is 38.6 Å². The van der Waals surface area contributed by atoms with Gasteiger partial charge < -0.3 is 25.2 Å². The Morgan fingerprint density at radius 3 is 1.80 bits per heavy atom. The number of aliphatic hydroxyl groups excluding tert-OH is 1. The number of aliphatic hydroxyl groups is 1. The summed E-state index contributed by atoms with van der Waals surface area (Å²) >= 11 is 0. The lowest BCUT2D eigenvalue weighted by Crippen LogP contribution is -2.29. The number of allylic oxidation sites excluding steroid dienone is 12. The molecule has 0 aromatic carbocycles. The molecule has 0 amide bonds. The fourth-order valence-corrected chi connectivity index (χ4v) is 5.54. The topological polar surface area (TPSA) is 155 Å². The molecule has 0 aromatic rings. The van der Waals surface area contributed by atoms with Crippen LogP contribution in [0.5, 0.6) is 0 Å². The second kappa shape index (κ2) is 38.4. The van der Waals surface area contributed by atoms with Gasteiger partial charge in [0.1, 0.15) is 6.61 Å². The van der Waals surface area contributed by atoms with Gasteiger partial charge in [-0.05, 0) is 83.5 Å². The molecule has 0 aromatic heterocycles. The Hall–Kier alpha value is -2.85. The Kier molecular flexibility index (Phi) is 36.4. The SMILES string of the molecule is CCCCC/C=C\C/C=C\C/C=C\CCCCC(=O)O[C@H](COC(=O)CCC/C=C\C/C=C\C=C\[C@H](O)C/C=C\CCCCC)COP(=O)(O)OCCN. The van der Waals surface area contributed by atoms with Crippen LogP contribution in [0.2, 0.25) is 0 Å². The van der Waals surface area contributed by atoms with Crippen LogP contribution in [0.4, 0.5) is 0 Å². The molecule has 0 aliphatic heterocycles. The first kappa shape index (κ1) is 51.1. The first-order chi connectivity index (χ1) is 26.2. The highest BCUT2D eigenvalue weighted by molar-refractivity contribution is 7.47. The number of carbonyl (C=O) groups is 2. The highest BCUT2D eigenvalue weighted by atomic mass is 31.2. The summed E-state index contributed by atoms with van der Waals surface area (Å²) in [4.78, 5) is 34.7. The number of nitrogens with two attached hydrogens (primary N) is 1. The molecule has 0 rings (SSSR count). The average molecular weight is 778 g/mol. The van der Waals surface area contributed by atoms with E-state index in [9.17, 15) is 24.2 Å². The normalized spacial score (nSPS) is 14.8. The summed E-state index contributed by atoms with van der Waals surface area (Å²) in [6.45, 7) is 3.44. The molecule has 0 aliphatic rings. The predicted molar refractivity (Wildman–Crippen MR) is 221 cm³/mol. The summed E-state index contributed by atoms with van der Waals surface area (Å²) in [5.41, 5.74) is 5.33. The number of phosphoric ester groups is 1. The van der Waals surface area contributed by atoms with E-state index in [2.05, 4.69) is 56.4 Å². The van der Waals surface area contributed by atoms with Crippen molar-refractivity contribution in [3.05, 3.63) is 85.1 Å². The molecule has 11 heteroatoms. The van der Waals surface area contributed by atoms with Crippen molar-refractivity contribution in [1.82, 2.24) is 0 Å². The number of unbranched alkanes of at least 4 members (excludes halogenated alkanes) is 9.